The smallest absolute Gasteiger partial charge is 0.411 e. The first-order valence-corrected chi connectivity index (χ1v) is 10.2. The van der Waals surface area contributed by atoms with E-state index >= 15 is 0 Å². The van der Waals surface area contributed by atoms with Gasteiger partial charge in [0.15, 0.2) is 11.0 Å². The van der Waals surface area contributed by atoms with E-state index in [0.717, 1.165) is 12.8 Å². The van der Waals surface area contributed by atoms with E-state index in [4.69, 9.17) is 27.9 Å². The molecule has 10 heteroatoms. The summed E-state index contributed by atoms with van der Waals surface area (Å²) in [7, 11) is 0. The fourth-order valence-electron chi connectivity index (χ4n) is 4.30. The van der Waals surface area contributed by atoms with Crippen LogP contribution in [0.2, 0.25) is 10.4 Å². The predicted octanol–water partition coefficient (Wildman–Crippen LogP) is 4.45. The van der Waals surface area contributed by atoms with Crippen molar-refractivity contribution in [2.24, 2.45) is 0 Å². The first-order valence-electron chi connectivity index (χ1n) is 9.43. The first-order chi connectivity index (χ1) is 13.5. The molecule has 1 amide bonds. The third-order valence-electron chi connectivity index (χ3n) is 5.41. The molecule has 7 nitrogen and oxygen atoms in total. The van der Waals surface area contributed by atoms with Crippen molar-refractivity contribution < 1.29 is 13.9 Å². The van der Waals surface area contributed by atoms with E-state index in [0.29, 0.717) is 24.3 Å². The Labute approximate surface area is 178 Å². The monoisotopic (exact) mass is 441 g/mol. The lowest BCUT2D eigenvalue weighted by Crippen LogP contribution is -2.63. The third kappa shape index (κ3) is 3.57. The highest BCUT2D eigenvalue weighted by Crippen LogP contribution is 2.42. The van der Waals surface area contributed by atoms with Crippen LogP contribution in [0.3, 0.4) is 0 Å². The molecule has 2 aromatic rings. The molecule has 2 aliphatic rings. The maximum Gasteiger partial charge on any atom is 0.411 e. The Balaban J connectivity index is 1.70. The molecule has 0 saturated carbocycles. The van der Waals surface area contributed by atoms with Gasteiger partial charge in [-0.05, 0) is 52.1 Å². The molecule has 2 bridgehead atoms. The molecular weight excluding hydrogens is 420 g/mol. The van der Waals surface area contributed by atoms with Gasteiger partial charge in [-0.25, -0.2) is 19.2 Å². The lowest BCUT2D eigenvalue weighted by Gasteiger charge is -2.47. The number of halogens is 3. The van der Waals surface area contributed by atoms with Gasteiger partial charge in [0.1, 0.15) is 16.9 Å². The molecule has 29 heavy (non-hydrogen) atoms. The summed E-state index contributed by atoms with van der Waals surface area (Å²) < 4.78 is 20.1. The van der Waals surface area contributed by atoms with Crippen LogP contribution in [0.4, 0.5) is 15.0 Å². The number of anilines is 1. The number of hydrogen-bond donors (Lipinski definition) is 0. The lowest BCUT2D eigenvalue weighted by molar-refractivity contribution is -0.00278. The van der Waals surface area contributed by atoms with Crippen molar-refractivity contribution in [2.75, 3.05) is 18.0 Å². The van der Waals surface area contributed by atoms with Crippen molar-refractivity contribution >= 4 is 46.0 Å². The largest absolute Gasteiger partial charge is 0.444 e. The number of amides is 1. The first kappa shape index (κ1) is 20.3. The van der Waals surface area contributed by atoms with Crippen LogP contribution >= 0.6 is 23.2 Å². The van der Waals surface area contributed by atoms with Gasteiger partial charge >= 0.3 is 6.09 Å². The Morgan fingerprint density at radius 1 is 1.34 bits per heavy atom. The maximum atomic E-state index is 14.5. The van der Waals surface area contributed by atoms with Crippen LogP contribution in [0.25, 0.3) is 10.9 Å². The number of nitrogens with zero attached hydrogens (tertiary/aromatic N) is 5. The Bertz CT molecular complexity index is 999. The van der Waals surface area contributed by atoms with E-state index in [1.54, 1.807) is 0 Å². The summed E-state index contributed by atoms with van der Waals surface area (Å²) in [6.45, 7) is 8.63. The second-order valence-electron chi connectivity index (χ2n) is 8.86. The second kappa shape index (κ2) is 6.80. The summed E-state index contributed by atoms with van der Waals surface area (Å²) in [4.78, 5) is 28.9. The van der Waals surface area contributed by atoms with Crippen molar-refractivity contribution in [3.63, 3.8) is 0 Å². The summed E-state index contributed by atoms with van der Waals surface area (Å²) in [6.07, 6.45) is 2.83. The molecule has 2 fully saturated rings. The number of carbonyl (C=O) groups excluding carboxylic acids is 1. The van der Waals surface area contributed by atoms with Crippen LogP contribution < -0.4 is 4.90 Å². The zero-order valence-electron chi connectivity index (χ0n) is 16.7. The zero-order chi connectivity index (χ0) is 21.1. The third-order valence-corrected chi connectivity index (χ3v) is 5.84. The summed E-state index contributed by atoms with van der Waals surface area (Å²) in [5.41, 5.74) is -0.969. The number of pyridine rings is 1. The minimum Gasteiger partial charge on any atom is -0.444 e. The molecule has 156 valence electrons. The van der Waals surface area contributed by atoms with E-state index in [1.807, 2.05) is 37.5 Å². The van der Waals surface area contributed by atoms with E-state index in [9.17, 15) is 9.18 Å². The molecule has 0 unspecified atom stereocenters. The van der Waals surface area contributed by atoms with Gasteiger partial charge < -0.3 is 9.64 Å². The van der Waals surface area contributed by atoms with Crippen LogP contribution in [0, 0.1) is 5.82 Å². The molecule has 0 aliphatic carbocycles. The van der Waals surface area contributed by atoms with Crippen LogP contribution in [-0.4, -0.2) is 56.2 Å². The van der Waals surface area contributed by atoms with Crippen LogP contribution in [0.1, 0.15) is 40.5 Å². The SMILES string of the molecule is CC(C)(C)OC(=O)N1[C@H]2CC[C@]1(C)CN(c1nc(Cl)nc3c(F)c(Cl)ncc13)C2. The maximum absolute atomic E-state index is 14.5. The highest BCUT2D eigenvalue weighted by molar-refractivity contribution is 6.30. The summed E-state index contributed by atoms with van der Waals surface area (Å²) in [5.74, 6) is -0.235. The topological polar surface area (TPSA) is 71.5 Å². The Morgan fingerprint density at radius 2 is 2.07 bits per heavy atom. The van der Waals surface area contributed by atoms with Gasteiger partial charge in [-0.2, -0.15) is 4.98 Å². The minimum atomic E-state index is -0.726. The van der Waals surface area contributed by atoms with Gasteiger partial charge in [0.25, 0.3) is 0 Å². The number of aromatic nitrogens is 3. The standard InChI is InChI=1S/C19H22Cl2FN5O2/c1-18(2,3)29-17(28)27-10-5-6-19(27,4)9-26(8-10)15-11-7-23-14(20)12(22)13(11)24-16(21)25-15/h7,10H,5-6,8-9H2,1-4H3/t10-,19+/m0/s1. The summed E-state index contributed by atoms with van der Waals surface area (Å²) in [5, 5.41) is 0.103. The Hall–Kier alpha value is -1.93. The van der Waals surface area contributed by atoms with Crippen LogP contribution in [0.15, 0.2) is 6.20 Å². The van der Waals surface area contributed by atoms with Crippen molar-refractivity contribution in [3.05, 3.63) is 22.5 Å². The number of hydrogen-bond acceptors (Lipinski definition) is 6. The number of fused-ring (bicyclic) bond motifs is 3. The van der Waals surface area contributed by atoms with Crippen LogP contribution in [-0.2, 0) is 4.74 Å². The molecule has 0 radical (unpaired) electrons. The van der Waals surface area contributed by atoms with Crippen molar-refractivity contribution in [1.29, 1.82) is 0 Å². The molecule has 2 atom stereocenters. The minimum absolute atomic E-state index is 0.0343. The number of carbonyl (C=O) groups is 1. The van der Waals surface area contributed by atoms with Gasteiger partial charge in [-0.1, -0.05) is 11.6 Å². The van der Waals surface area contributed by atoms with Gasteiger partial charge in [0.2, 0.25) is 5.28 Å². The molecule has 2 aliphatic heterocycles. The predicted molar refractivity (Wildman–Crippen MR) is 109 cm³/mol. The summed E-state index contributed by atoms with van der Waals surface area (Å²) in [6, 6.07) is -0.0440. The fourth-order valence-corrected chi connectivity index (χ4v) is 4.60. The average Bonchev–Trinajstić information content (AvgIpc) is 2.82. The normalized spacial score (nSPS) is 24.3. The molecule has 4 rings (SSSR count). The van der Waals surface area contributed by atoms with E-state index in [2.05, 4.69) is 15.0 Å². The highest BCUT2D eigenvalue weighted by atomic mass is 35.5. The number of rotatable bonds is 1. The second-order valence-corrected chi connectivity index (χ2v) is 9.56. The fraction of sp³-hybridized carbons (Fsp3) is 0.579. The average molecular weight is 442 g/mol. The quantitative estimate of drug-likeness (QED) is 0.480. The van der Waals surface area contributed by atoms with Crippen molar-refractivity contribution in [1.82, 2.24) is 19.9 Å². The van der Waals surface area contributed by atoms with Crippen molar-refractivity contribution in [2.45, 2.75) is 57.7 Å². The molecule has 2 saturated heterocycles. The molecule has 0 aromatic carbocycles. The van der Waals surface area contributed by atoms with Crippen molar-refractivity contribution in [3.8, 4) is 0 Å². The van der Waals surface area contributed by atoms with E-state index < -0.39 is 17.0 Å². The zero-order valence-corrected chi connectivity index (χ0v) is 18.2. The molecule has 0 spiro atoms. The van der Waals surface area contributed by atoms with Gasteiger partial charge in [-0.15, -0.1) is 0 Å². The molecular formula is C19H22Cl2FN5O2. The summed E-state index contributed by atoms with van der Waals surface area (Å²) >= 11 is 11.9. The van der Waals surface area contributed by atoms with Gasteiger partial charge in [0, 0.05) is 19.3 Å². The Kier molecular flexibility index (Phi) is 4.77. The molecule has 2 aromatic heterocycles. The molecule has 0 N–H and O–H groups in total. The molecule has 4 heterocycles. The van der Waals surface area contributed by atoms with E-state index in [-0.39, 0.29) is 28.1 Å². The Morgan fingerprint density at radius 3 is 2.72 bits per heavy atom. The number of ether oxygens (including phenoxy) is 1. The lowest BCUT2D eigenvalue weighted by atomic mass is 9.98. The van der Waals surface area contributed by atoms with Gasteiger partial charge in [0.05, 0.1) is 17.0 Å². The number of piperazine rings is 1. The van der Waals surface area contributed by atoms with Gasteiger partial charge in [-0.3, -0.25) is 4.90 Å². The highest BCUT2D eigenvalue weighted by Gasteiger charge is 2.52. The van der Waals surface area contributed by atoms with Crippen LogP contribution in [0.5, 0.6) is 0 Å². The van der Waals surface area contributed by atoms with E-state index in [1.165, 1.54) is 6.20 Å².